The van der Waals surface area contributed by atoms with E-state index in [1.54, 1.807) is 30.5 Å². The second kappa shape index (κ2) is 8.68. The van der Waals surface area contributed by atoms with Gasteiger partial charge in [0, 0.05) is 27.8 Å². The summed E-state index contributed by atoms with van der Waals surface area (Å²) in [5, 5.41) is 7.09. The average Bonchev–Trinajstić information content (AvgIpc) is 3.29. The van der Waals surface area contributed by atoms with Crippen molar-refractivity contribution in [2.75, 3.05) is 14.2 Å². The Balaban J connectivity index is 1.67. The summed E-state index contributed by atoms with van der Waals surface area (Å²) in [5.41, 5.74) is 3.57. The van der Waals surface area contributed by atoms with E-state index in [1.807, 2.05) is 66.7 Å². The van der Waals surface area contributed by atoms with E-state index in [0.717, 1.165) is 38.0 Å². The third-order valence-electron chi connectivity index (χ3n) is 5.06. The van der Waals surface area contributed by atoms with Gasteiger partial charge in [-0.3, -0.25) is 0 Å². The lowest BCUT2D eigenvalue weighted by Gasteiger charge is -2.11. The van der Waals surface area contributed by atoms with E-state index < -0.39 is 0 Å². The SMILES string of the molecule is COc1cc2nc(SCc3ccc(Cl)cc3)n3nc(-c4ccccc4)nc3c2cc1OC. The minimum Gasteiger partial charge on any atom is -0.493 e. The quantitative estimate of drug-likeness (QED) is 0.231. The Labute approximate surface area is 194 Å². The first-order valence-corrected chi connectivity index (χ1v) is 11.3. The first-order chi connectivity index (χ1) is 15.7. The molecule has 2 heterocycles. The van der Waals surface area contributed by atoms with Crippen LogP contribution in [0.2, 0.25) is 5.02 Å². The smallest absolute Gasteiger partial charge is 0.191 e. The molecule has 0 N–H and O–H groups in total. The molecule has 0 saturated carbocycles. The second-order valence-electron chi connectivity index (χ2n) is 7.07. The van der Waals surface area contributed by atoms with Gasteiger partial charge in [0.05, 0.1) is 19.7 Å². The molecule has 0 atom stereocenters. The zero-order valence-corrected chi connectivity index (χ0v) is 19.0. The standard InChI is InChI=1S/C24H19ClN4O2S/c1-30-20-12-18-19(13-21(20)31-2)26-24(32-14-15-8-10-17(25)11-9-15)29-23(18)27-22(28-29)16-6-4-3-5-7-16/h3-13H,14H2,1-2H3. The number of benzene rings is 3. The molecule has 3 aromatic carbocycles. The van der Waals surface area contributed by atoms with E-state index in [4.69, 9.17) is 36.1 Å². The summed E-state index contributed by atoms with van der Waals surface area (Å²) in [4.78, 5) is 9.74. The minimum atomic E-state index is 0.619. The van der Waals surface area contributed by atoms with Gasteiger partial charge in [0.2, 0.25) is 0 Å². The zero-order chi connectivity index (χ0) is 22.1. The maximum Gasteiger partial charge on any atom is 0.191 e. The number of methoxy groups -OCH3 is 2. The third-order valence-corrected chi connectivity index (χ3v) is 6.31. The van der Waals surface area contributed by atoms with Crippen LogP contribution in [-0.4, -0.2) is 33.8 Å². The van der Waals surface area contributed by atoms with Crippen LogP contribution in [0.4, 0.5) is 0 Å². The lowest BCUT2D eigenvalue weighted by atomic mass is 10.2. The topological polar surface area (TPSA) is 61.5 Å². The minimum absolute atomic E-state index is 0.619. The summed E-state index contributed by atoms with van der Waals surface area (Å²) in [7, 11) is 3.23. The third kappa shape index (κ3) is 3.85. The summed E-state index contributed by atoms with van der Waals surface area (Å²) >= 11 is 7.61. The molecule has 0 aliphatic carbocycles. The molecule has 6 nitrogen and oxygen atoms in total. The molecule has 2 aromatic heterocycles. The molecular formula is C24H19ClN4O2S. The fourth-order valence-corrected chi connectivity index (χ4v) is 4.47. The first kappa shape index (κ1) is 20.6. The number of halogens is 1. The van der Waals surface area contributed by atoms with Crippen LogP contribution < -0.4 is 9.47 Å². The number of nitrogens with zero attached hydrogens (tertiary/aromatic N) is 4. The first-order valence-electron chi connectivity index (χ1n) is 9.91. The maximum absolute atomic E-state index is 6.02. The molecular weight excluding hydrogens is 444 g/mol. The van der Waals surface area contributed by atoms with E-state index in [1.165, 1.54) is 0 Å². The lowest BCUT2D eigenvalue weighted by molar-refractivity contribution is 0.355. The zero-order valence-electron chi connectivity index (χ0n) is 17.4. The fourth-order valence-electron chi connectivity index (χ4n) is 3.44. The molecule has 0 saturated heterocycles. The normalized spacial score (nSPS) is 11.2. The van der Waals surface area contributed by atoms with Crippen LogP contribution in [-0.2, 0) is 5.75 Å². The van der Waals surface area contributed by atoms with Gasteiger partial charge in [-0.1, -0.05) is 65.8 Å². The van der Waals surface area contributed by atoms with Crippen LogP contribution in [0.1, 0.15) is 5.56 Å². The van der Waals surface area contributed by atoms with Gasteiger partial charge in [0.1, 0.15) is 0 Å². The summed E-state index contributed by atoms with van der Waals surface area (Å²) < 4.78 is 12.8. The van der Waals surface area contributed by atoms with Crippen molar-refractivity contribution >= 4 is 39.9 Å². The van der Waals surface area contributed by atoms with Gasteiger partial charge in [-0.2, -0.15) is 4.52 Å². The van der Waals surface area contributed by atoms with Crippen molar-refractivity contribution in [1.82, 2.24) is 19.6 Å². The van der Waals surface area contributed by atoms with Gasteiger partial charge in [-0.15, -0.1) is 5.10 Å². The molecule has 0 fully saturated rings. The van der Waals surface area contributed by atoms with Crippen LogP contribution in [0, 0.1) is 0 Å². The number of ether oxygens (including phenoxy) is 2. The fraction of sp³-hybridized carbons (Fsp3) is 0.125. The number of aromatic nitrogens is 4. The van der Waals surface area contributed by atoms with Crippen molar-refractivity contribution in [3.8, 4) is 22.9 Å². The van der Waals surface area contributed by atoms with Crippen molar-refractivity contribution < 1.29 is 9.47 Å². The number of hydrogen-bond acceptors (Lipinski definition) is 6. The molecule has 0 spiro atoms. The molecule has 160 valence electrons. The van der Waals surface area contributed by atoms with E-state index >= 15 is 0 Å². The summed E-state index contributed by atoms with van der Waals surface area (Å²) in [5.74, 6) is 2.60. The van der Waals surface area contributed by atoms with Gasteiger partial charge < -0.3 is 9.47 Å². The average molecular weight is 463 g/mol. The van der Waals surface area contributed by atoms with E-state index in [0.29, 0.717) is 23.0 Å². The second-order valence-corrected chi connectivity index (χ2v) is 8.45. The van der Waals surface area contributed by atoms with Gasteiger partial charge >= 0.3 is 0 Å². The number of fused-ring (bicyclic) bond motifs is 3. The Hall–Kier alpha value is -3.29. The summed E-state index contributed by atoms with van der Waals surface area (Å²) in [6.07, 6.45) is 0. The molecule has 0 bridgehead atoms. The lowest BCUT2D eigenvalue weighted by Crippen LogP contribution is -2.00. The molecule has 8 heteroatoms. The number of rotatable bonds is 6. The highest BCUT2D eigenvalue weighted by atomic mass is 35.5. The van der Waals surface area contributed by atoms with Gasteiger partial charge in [-0.05, 0) is 23.8 Å². The van der Waals surface area contributed by atoms with E-state index in [-0.39, 0.29) is 0 Å². The van der Waals surface area contributed by atoms with Crippen LogP contribution in [0.5, 0.6) is 11.5 Å². The van der Waals surface area contributed by atoms with Crippen molar-refractivity contribution in [1.29, 1.82) is 0 Å². The molecule has 0 aliphatic rings. The predicted octanol–water partition coefficient (Wildman–Crippen LogP) is 5.91. The number of thioether (sulfide) groups is 1. The molecule has 5 aromatic rings. The highest BCUT2D eigenvalue weighted by Gasteiger charge is 2.18. The molecule has 0 radical (unpaired) electrons. The Morgan fingerprint density at radius 1 is 0.906 bits per heavy atom. The Bertz CT molecular complexity index is 1410. The van der Waals surface area contributed by atoms with Crippen molar-refractivity contribution in [2.24, 2.45) is 0 Å². The van der Waals surface area contributed by atoms with Crippen LogP contribution in [0.25, 0.3) is 27.9 Å². The molecule has 5 rings (SSSR count). The Morgan fingerprint density at radius 2 is 1.62 bits per heavy atom. The predicted molar refractivity (Wildman–Crippen MR) is 128 cm³/mol. The molecule has 0 unspecified atom stereocenters. The highest BCUT2D eigenvalue weighted by Crippen LogP contribution is 2.35. The molecule has 0 amide bonds. The van der Waals surface area contributed by atoms with Crippen LogP contribution >= 0.6 is 23.4 Å². The van der Waals surface area contributed by atoms with Crippen molar-refractivity contribution in [3.05, 3.63) is 77.3 Å². The van der Waals surface area contributed by atoms with Gasteiger partial charge in [0.15, 0.2) is 28.1 Å². The monoisotopic (exact) mass is 462 g/mol. The van der Waals surface area contributed by atoms with E-state index in [2.05, 4.69) is 0 Å². The van der Waals surface area contributed by atoms with Crippen molar-refractivity contribution in [3.63, 3.8) is 0 Å². The van der Waals surface area contributed by atoms with Crippen molar-refractivity contribution in [2.45, 2.75) is 10.9 Å². The summed E-state index contributed by atoms with van der Waals surface area (Å²) in [6, 6.07) is 21.5. The van der Waals surface area contributed by atoms with E-state index in [9.17, 15) is 0 Å². The largest absolute Gasteiger partial charge is 0.493 e. The molecule has 32 heavy (non-hydrogen) atoms. The highest BCUT2D eigenvalue weighted by molar-refractivity contribution is 7.98. The number of hydrogen-bond donors (Lipinski definition) is 0. The Morgan fingerprint density at radius 3 is 2.34 bits per heavy atom. The summed E-state index contributed by atoms with van der Waals surface area (Å²) in [6.45, 7) is 0. The van der Waals surface area contributed by atoms with Crippen LogP contribution in [0.3, 0.4) is 0 Å². The van der Waals surface area contributed by atoms with Crippen LogP contribution in [0.15, 0.2) is 71.9 Å². The molecule has 0 aliphatic heterocycles. The van der Waals surface area contributed by atoms with Gasteiger partial charge in [0.25, 0.3) is 0 Å². The van der Waals surface area contributed by atoms with Gasteiger partial charge in [-0.25, -0.2) is 9.97 Å². The Kier molecular flexibility index (Phi) is 5.59. The maximum atomic E-state index is 6.02.